The number of hydrogen-bond donors (Lipinski definition) is 1. The molecule has 116 valence electrons. The first-order valence-corrected chi connectivity index (χ1v) is 8.41. The molecule has 4 heteroatoms. The Morgan fingerprint density at radius 3 is 2.62 bits per heavy atom. The summed E-state index contributed by atoms with van der Waals surface area (Å²) < 4.78 is 0. The molecule has 1 aromatic rings. The van der Waals surface area contributed by atoms with Crippen LogP contribution in [0.1, 0.15) is 37.4 Å². The van der Waals surface area contributed by atoms with Gasteiger partial charge in [0.1, 0.15) is 5.82 Å². The quantitative estimate of drug-likeness (QED) is 0.868. The van der Waals surface area contributed by atoms with Gasteiger partial charge in [0.2, 0.25) is 0 Å². The molecule has 2 aliphatic rings. The van der Waals surface area contributed by atoms with Crippen molar-refractivity contribution in [2.75, 3.05) is 38.1 Å². The molecule has 1 aliphatic carbocycles. The van der Waals surface area contributed by atoms with Gasteiger partial charge in [0.05, 0.1) is 0 Å². The summed E-state index contributed by atoms with van der Waals surface area (Å²) in [6, 6.07) is 5.35. The van der Waals surface area contributed by atoms with Crippen LogP contribution in [0, 0.1) is 0 Å². The van der Waals surface area contributed by atoms with Crippen molar-refractivity contribution in [2.24, 2.45) is 0 Å². The molecule has 0 atom stereocenters. The molecule has 1 saturated heterocycles. The van der Waals surface area contributed by atoms with Crippen LogP contribution in [0.4, 0.5) is 5.82 Å². The van der Waals surface area contributed by atoms with Crippen LogP contribution in [0.5, 0.6) is 0 Å². The van der Waals surface area contributed by atoms with E-state index in [1.165, 1.54) is 29.9 Å². The topological polar surface area (TPSA) is 31.4 Å². The summed E-state index contributed by atoms with van der Waals surface area (Å²) in [6.07, 6.45) is 4.93. The summed E-state index contributed by atoms with van der Waals surface area (Å²) in [4.78, 5) is 9.73. The summed E-state index contributed by atoms with van der Waals surface area (Å²) in [5, 5.41) is 3.62. The van der Waals surface area contributed by atoms with Gasteiger partial charge in [-0.1, -0.05) is 13.3 Å². The summed E-state index contributed by atoms with van der Waals surface area (Å²) in [6.45, 7) is 7.67. The van der Waals surface area contributed by atoms with E-state index in [0.29, 0.717) is 0 Å². The lowest BCUT2D eigenvalue weighted by molar-refractivity contribution is 0.312. The molecular formula is C17H28N4. The van der Waals surface area contributed by atoms with Crippen LogP contribution >= 0.6 is 0 Å². The Balaban J connectivity index is 1.73. The second-order valence-electron chi connectivity index (χ2n) is 6.52. The van der Waals surface area contributed by atoms with E-state index in [2.05, 4.69) is 41.2 Å². The third kappa shape index (κ3) is 4.17. The Morgan fingerprint density at radius 2 is 1.95 bits per heavy atom. The highest BCUT2D eigenvalue weighted by Gasteiger charge is 2.21. The van der Waals surface area contributed by atoms with Crippen molar-refractivity contribution in [1.29, 1.82) is 0 Å². The Hall–Kier alpha value is -1.13. The van der Waals surface area contributed by atoms with Crippen LogP contribution < -0.4 is 10.2 Å². The molecule has 2 heterocycles. The second kappa shape index (κ2) is 6.75. The summed E-state index contributed by atoms with van der Waals surface area (Å²) in [5.41, 5.74) is 2.65. The fourth-order valence-corrected chi connectivity index (χ4v) is 2.87. The largest absolute Gasteiger partial charge is 0.354 e. The van der Waals surface area contributed by atoms with Crippen molar-refractivity contribution in [1.82, 2.24) is 15.2 Å². The van der Waals surface area contributed by atoms with Gasteiger partial charge < -0.3 is 15.1 Å². The van der Waals surface area contributed by atoms with E-state index < -0.39 is 0 Å². The highest BCUT2D eigenvalue weighted by Crippen LogP contribution is 2.21. The molecular weight excluding hydrogens is 260 g/mol. The van der Waals surface area contributed by atoms with Crippen molar-refractivity contribution in [3.63, 3.8) is 0 Å². The maximum absolute atomic E-state index is 4.89. The summed E-state index contributed by atoms with van der Waals surface area (Å²) in [5.74, 6) is 1.18. The standard InChI is InChI=1S/C17H28N4/c1-3-4-16-11-14(13-18-15-5-6-15)12-17(19-16)21-9-7-20(2)8-10-21/h11-12,15,18H,3-10,13H2,1-2H3. The average molecular weight is 288 g/mol. The maximum Gasteiger partial charge on any atom is 0.129 e. The second-order valence-corrected chi connectivity index (χ2v) is 6.52. The predicted octanol–water partition coefficient (Wildman–Crippen LogP) is 2.04. The van der Waals surface area contributed by atoms with Gasteiger partial charge >= 0.3 is 0 Å². The van der Waals surface area contributed by atoms with Gasteiger partial charge in [0.15, 0.2) is 0 Å². The van der Waals surface area contributed by atoms with Gasteiger partial charge in [-0.15, -0.1) is 0 Å². The van der Waals surface area contributed by atoms with E-state index in [1.54, 1.807) is 0 Å². The lowest BCUT2D eigenvalue weighted by Crippen LogP contribution is -2.44. The van der Waals surface area contributed by atoms with Gasteiger partial charge in [-0.05, 0) is 44.0 Å². The molecule has 1 aliphatic heterocycles. The first-order chi connectivity index (χ1) is 10.2. The number of pyridine rings is 1. The first-order valence-electron chi connectivity index (χ1n) is 8.41. The van der Waals surface area contributed by atoms with Crippen molar-refractivity contribution in [3.8, 4) is 0 Å². The van der Waals surface area contributed by atoms with Gasteiger partial charge in [-0.25, -0.2) is 4.98 Å². The molecule has 1 N–H and O–H groups in total. The number of aryl methyl sites for hydroxylation is 1. The molecule has 0 radical (unpaired) electrons. The van der Waals surface area contributed by atoms with E-state index >= 15 is 0 Å². The van der Waals surface area contributed by atoms with Gasteiger partial charge in [-0.2, -0.15) is 0 Å². The van der Waals surface area contributed by atoms with E-state index in [0.717, 1.165) is 51.6 Å². The van der Waals surface area contributed by atoms with Crippen LogP contribution in [0.2, 0.25) is 0 Å². The minimum Gasteiger partial charge on any atom is -0.354 e. The van der Waals surface area contributed by atoms with Crippen LogP contribution in [0.3, 0.4) is 0 Å². The molecule has 2 fully saturated rings. The fraction of sp³-hybridized carbons (Fsp3) is 0.706. The molecule has 0 spiro atoms. The Kier molecular flexibility index (Phi) is 4.76. The third-order valence-corrected chi connectivity index (χ3v) is 4.43. The molecule has 3 rings (SSSR count). The maximum atomic E-state index is 4.89. The average Bonchev–Trinajstić information content (AvgIpc) is 3.30. The van der Waals surface area contributed by atoms with E-state index in [9.17, 15) is 0 Å². The zero-order chi connectivity index (χ0) is 14.7. The Bertz CT molecular complexity index is 462. The zero-order valence-electron chi connectivity index (χ0n) is 13.4. The lowest BCUT2D eigenvalue weighted by atomic mass is 10.1. The van der Waals surface area contributed by atoms with Crippen molar-refractivity contribution in [3.05, 3.63) is 23.4 Å². The van der Waals surface area contributed by atoms with E-state index in [1.807, 2.05) is 0 Å². The highest BCUT2D eigenvalue weighted by atomic mass is 15.3. The smallest absolute Gasteiger partial charge is 0.129 e. The molecule has 1 aromatic heterocycles. The van der Waals surface area contributed by atoms with Crippen LogP contribution in [-0.4, -0.2) is 49.2 Å². The molecule has 4 nitrogen and oxygen atoms in total. The number of likely N-dealkylation sites (N-methyl/N-ethyl adjacent to an activating group) is 1. The Morgan fingerprint density at radius 1 is 1.19 bits per heavy atom. The minimum absolute atomic E-state index is 0.764. The molecule has 0 unspecified atom stereocenters. The number of hydrogen-bond acceptors (Lipinski definition) is 4. The summed E-state index contributed by atoms with van der Waals surface area (Å²) >= 11 is 0. The van der Waals surface area contributed by atoms with E-state index in [4.69, 9.17) is 4.98 Å². The summed E-state index contributed by atoms with van der Waals surface area (Å²) in [7, 11) is 2.20. The SMILES string of the molecule is CCCc1cc(CNC2CC2)cc(N2CCN(C)CC2)n1. The number of nitrogens with zero attached hydrogens (tertiary/aromatic N) is 3. The van der Waals surface area contributed by atoms with Crippen LogP contribution in [0.25, 0.3) is 0 Å². The number of rotatable bonds is 6. The van der Waals surface area contributed by atoms with Gasteiger partial charge in [0.25, 0.3) is 0 Å². The number of piperazine rings is 1. The third-order valence-electron chi connectivity index (χ3n) is 4.43. The molecule has 0 amide bonds. The van der Waals surface area contributed by atoms with Crippen LogP contribution in [0.15, 0.2) is 12.1 Å². The molecule has 0 bridgehead atoms. The highest BCUT2D eigenvalue weighted by molar-refractivity contribution is 5.43. The zero-order valence-corrected chi connectivity index (χ0v) is 13.4. The number of anilines is 1. The molecule has 21 heavy (non-hydrogen) atoms. The predicted molar refractivity (Wildman–Crippen MR) is 87.8 cm³/mol. The van der Waals surface area contributed by atoms with Gasteiger partial charge in [-0.3, -0.25) is 0 Å². The Labute approximate surface area is 128 Å². The first kappa shape index (κ1) is 14.8. The minimum atomic E-state index is 0.764. The number of nitrogens with one attached hydrogen (secondary N) is 1. The fourth-order valence-electron chi connectivity index (χ4n) is 2.87. The lowest BCUT2D eigenvalue weighted by Gasteiger charge is -2.33. The normalized spacial score (nSPS) is 20.0. The van der Waals surface area contributed by atoms with E-state index in [-0.39, 0.29) is 0 Å². The molecule has 1 saturated carbocycles. The monoisotopic (exact) mass is 288 g/mol. The van der Waals surface area contributed by atoms with Crippen molar-refractivity contribution >= 4 is 5.82 Å². The van der Waals surface area contributed by atoms with Crippen LogP contribution in [-0.2, 0) is 13.0 Å². The van der Waals surface area contributed by atoms with Crippen molar-refractivity contribution in [2.45, 2.75) is 45.2 Å². The van der Waals surface area contributed by atoms with Gasteiger partial charge in [0, 0.05) is 44.5 Å². The van der Waals surface area contributed by atoms with Crippen molar-refractivity contribution < 1.29 is 0 Å². The number of aromatic nitrogens is 1. The molecule has 0 aromatic carbocycles.